The molecule has 10 nitrogen and oxygen atoms in total. The molecule has 0 saturated carbocycles. The fourth-order valence-electron chi connectivity index (χ4n) is 3.50. The molecule has 0 unspecified atom stereocenters. The molecule has 2 aromatic rings. The average molecular weight is 486 g/mol. The normalized spacial score (nSPS) is 13.4. The van der Waals surface area contributed by atoms with Crippen molar-refractivity contribution < 1.29 is 27.8 Å². The van der Waals surface area contributed by atoms with E-state index in [-0.39, 0.29) is 11.0 Å². The number of hydrazine groups is 1. The number of benzene rings is 2. The summed E-state index contributed by atoms with van der Waals surface area (Å²) in [7, 11) is -3.89. The van der Waals surface area contributed by atoms with Gasteiger partial charge >= 0.3 is 7.05 Å². The number of nitrogens with one attached hydrogen (secondary N) is 1. The van der Waals surface area contributed by atoms with Crippen molar-refractivity contribution >= 4 is 40.6 Å². The summed E-state index contributed by atoms with van der Waals surface area (Å²) < 4.78 is 29.6. The number of carbonyl (C=O) groups is 2. The van der Waals surface area contributed by atoms with E-state index in [1.54, 1.807) is 52.0 Å². The van der Waals surface area contributed by atoms with Gasteiger partial charge in [0.05, 0.1) is 25.1 Å². The third-order valence-electron chi connectivity index (χ3n) is 5.31. The first-order valence-corrected chi connectivity index (χ1v) is 12.2. The molecule has 0 radical (unpaired) electrons. The number of carbonyl (C=O) groups excluding carboxylic acids is 2. The number of methoxy groups -OCH3 is 1. The Balaban J connectivity index is 1.93. The fraction of sp³-hybridized carbons (Fsp3) is 0.318. The van der Waals surface area contributed by atoms with Crippen molar-refractivity contribution in [2.45, 2.75) is 33.2 Å². The van der Waals surface area contributed by atoms with Crippen LogP contribution >= 0.6 is 0 Å². The highest BCUT2D eigenvalue weighted by Crippen LogP contribution is 2.24. The first-order chi connectivity index (χ1) is 15.8. The third-order valence-corrected chi connectivity index (χ3v) is 6.28. The van der Waals surface area contributed by atoms with Crippen LogP contribution in [0.5, 0.6) is 5.75 Å². The molecule has 0 fully saturated rings. The molecule has 0 aliphatic carbocycles. The van der Waals surface area contributed by atoms with E-state index in [0.29, 0.717) is 26.8 Å². The molecule has 12 heteroatoms. The number of sulfonamides is 1. The van der Waals surface area contributed by atoms with E-state index in [1.807, 2.05) is 0 Å². The maximum Gasteiger partial charge on any atom is 0.484 e. The highest BCUT2D eigenvalue weighted by Gasteiger charge is 2.36. The molecule has 0 aromatic heterocycles. The van der Waals surface area contributed by atoms with Crippen LogP contribution in [0, 0.1) is 6.92 Å². The van der Waals surface area contributed by atoms with Crippen molar-refractivity contribution in [3.8, 4) is 5.75 Å². The Kier molecular flexibility index (Phi) is 6.76. The van der Waals surface area contributed by atoms with Crippen molar-refractivity contribution in [1.29, 1.82) is 0 Å². The van der Waals surface area contributed by atoms with E-state index in [2.05, 4.69) is 10.5 Å². The first kappa shape index (κ1) is 25.3. The molecule has 180 valence electrons. The standard InChI is InChI=1S/C22H27BN4O6S/c1-14-17(8-7-9-19(14)33-5)21(29)26(22(2,3)4)25-20(28)15-10-11-16-13-24-27(34(6,31)32)23(30)18(16)12-15/h7-13,30H,1-6H3,(H,25,28). The maximum absolute atomic E-state index is 13.4. The number of hydrogen-bond acceptors (Lipinski definition) is 7. The molecule has 1 aliphatic heterocycles. The van der Waals surface area contributed by atoms with E-state index in [0.717, 1.165) is 6.26 Å². The van der Waals surface area contributed by atoms with Crippen LogP contribution in [0.3, 0.4) is 0 Å². The molecule has 0 atom stereocenters. The number of hydrogen-bond donors (Lipinski definition) is 2. The summed E-state index contributed by atoms with van der Waals surface area (Å²) in [5, 5.41) is 15.5. The van der Waals surface area contributed by atoms with Gasteiger partial charge in [0.25, 0.3) is 11.8 Å². The number of ether oxygens (including phenoxy) is 1. The Morgan fingerprint density at radius 1 is 1.21 bits per heavy atom. The first-order valence-electron chi connectivity index (χ1n) is 10.4. The molecule has 0 bridgehead atoms. The van der Waals surface area contributed by atoms with Crippen LogP contribution in [0.4, 0.5) is 0 Å². The molecule has 0 saturated heterocycles. The predicted molar refractivity (Wildman–Crippen MR) is 129 cm³/mol. The monoisotopic (exact) mass is 486 g/mol. The van der Waals surface area contributed by atoms with Gasteiger partial charge in [-0.3, -0.25) is 15.0 Å². The lowest BCUT2D eigenvalue weighted by atomic mass is 9.71. The number of amides is 2. The van der Waals surface area contributed by atoms with Gasteiger partial charge in [-0.05, 0) is 63.0 Å². The topological polar surface area (TPSA) is 129 Å². The fourth-order valence-corrected chi connectivity index (χ4v) is 4.20. The average Bonchev–Trinajstić information content (AvgIpc) is 2.75. The Labute approximate surface area is 199 Å². The second-order valence-corrected chi connectivity index (χ2v) is 10.7. The highest BCUT2D eigenvalue weighted by molar-refractivity contribution is 7.89. The van der Waals surface area contributed by atoms with Crippen molar-refractivity contribution in [3.63, 3.8) is 0 Å². The summed E-state index contributed by atoms with van der Waals surface area (Å²) in [6.07, 6.45) is 2.21. The van der Waals surface area contributed by atoms with Crippen LogP contribution in [0.1, 0.15) is 52.6 Å². The van der Waals surface area contributed by atoms with Gasteiger partial charge in [-0.25, -0.2) is 17.8 Å². The SMILES string of the molecule is COc1cccc(C(=O)N(NC(=O)c2ccc3c(c2)B(O)N(S(C)(=O)=O)N=C3)C(C)(C)C)c1C. The molecule has 2 N–H and O–H groups in total. The predicted octanol–water partition coefficient (Wildman–Crippen LogP) is 0.886. The van der Waals surface area contributed by atoms with Gasteiger partial charge in [-0.15, -0.1) is 0 Å². The molecule has 2 amide bonds. The van der Waals surface area contributed by atoms with Crippen LogP contribution in [-0.4, -0.2) is 66.8 Å². The zero-order chi connectivity index (χ0) is 25.4. The lowest BCUT2D eigenvalue weighted by Gasteiger charge is -2.36. The summed E-state index contributed by atoms with van der Waals surface area (Å²) in [6.45, 7) is 7.09. The summed E-state index contributed by atoms with van der Waals surface area (Å²) in [6, 6.07) is 9.52. The molecule has 34 heavy (non-hydrogen) atoms. The molecular weight excluding hydrogens is 459 g/mol. The third kappa shape index (κ3) is 4.92. The number of rotatable bonds is 4. The van der Waals surface area contributed by atoms with E-state index >= 15 is 0 Å². The lowest BCUT2D eigenvalue weighted by molar-refractivity contribution is 0.0357. The number of fused-ring (bicyclic) bond motifs is 1. The zero-order valence-electron chi connectivity index (χ0n) is 19.9. The largest absolute Gasteiger partial charge is 0.496 e. The zero-order valence-corrected chi connectivity index (χ0v) is 20.7. The van der Waals surface area contributed by atoms with Crippen LogP contribution in [0.15, 0.2) is 41.5 Å². The number of nitrogens with zero attached hydrogens (tertiary/aromatic N) is 3. The molecule has 0 spiro atoms. The molecular formula is C22H27BN4O6S. The molecule has 2 aromatic carbocycles. The quantitative estimate of drug-likeness (QED) is 0.488. The van der Waals surface area contributed by atoms with Gasteiger partial charge in [-0.1, -0.05) is 12.1 Å². The van der Waals surface area contributed by atoms with Crippen LogP contribution in [0.2, 0.25) is 0 Å². The second kappa shape index (κ2) is 9.11. The van der Waals surface area contributed by atoms with E-state index < -0.39 is 34.4 Å². The molecule has 1 heterocycles. The van der Waals surface area contributed by atoms with Gasteiger partial charge < -0.3 is 9.76 Å². The van der Waals surface area contributed by atoms with E-state index in [9.17, 15) is 23.0 Å². The summed E-state index contributed by atoms with van der Waals surface area (Å²) >= 11 is 0. The number of hydrazone groups is 1. The minimum absolute atomic E-state index is 0.131. The second-order valence-electron chi connectivity index (χ2n) is 8.88. The summed E-state index contributed by atoms with van der Waals surface area (Å²) in [4.78, 5) is 26.5. The minimum Gasteiger partial charge on any atom is -0.496 e. The van der Waals surface area contributed by atoms with Crippen LogP contribution in [-0.2, 0) is 10.0 Å². The highest BCUT2D eigenvalue weighted by atomic mass is 32.2. The van der Waals surface area contributed by atoms with Gasteiger partial charge in [0, 0.05) is 16.7 Å². The van der Waals surface area contributed by atoms with Crippen molar-refractivity contribution in [1.82, 2.24) is 14.8 Å². The Bertz CT molecular complexity index is 1270. The van der Waals surface area contributed by atoms with Gasteiger partial charge in [-0.2, -0.15) is 5.10 Å². The Morgan fingerprint density at radius 3 is 2.47 bits per heavy atom. The summed E-state index contributed by atoms with van der Waals surface area (Å²) in [5.74, 6) is -0.482. The Hall–Kier alpha value is -3.38. The van der Waals surface area contributed by atoms with Gasteiger partial charge in [0.15, 0.2) is 0 Å². The smallest absolute Gasteiger partial charge is 0.484 e. The van der Waals surface area contributed by atoms with Crippen molar-refractivity contribution in [2.24, 2.45) is 5.10 Å². The Morgan fingerprint density at radius 2 is 1.88 bits per heavy atom. The van der Waals surface area contributed by atoms with Crippen LogP contribution in [0.25, 0.3) is 0 Å². The summed E-state index contributed by atoms with van der Waals surface area (Å²) in [5.41, 5.74) is 3.68. The minimum atomic E-state index is -3.82. The maximum atomic E-state index is 13.4. The van der Waals surface area contributed by atoms with Gasteiger partial charge in [0.2, 0.25) is 10.0 Å². The van der Waals surface area contributed by atoms with E-state index in [4.69, 9.17) is 4.74 Å². The van der Waals surface area contributed by atoms with Crippen LogP contribution < -0.4 is 15.6 Å². The van der Waals surface area contributed by atoms with Gasteiger partial charge in [0.1, 0.15) is 5.75 Å². The molecule has 3 rings (SSSR count). The van der Waals surface area contributed by atoms with Crippen molar-refractivity contribution in [3.05, 3.63) is 58.7 Å². The lowest BCUT2D eigenvalue weighted by Crippen LogP contribution is -2.56. The molecule has 1 aliphatic rings. The van der Waals surface area contributed by atoms with Crippen molar-refractivity contribution in [2.75, 3.05) is 13.4 Å². The van der Waals surface area contributed by atoms with E-state index in [1.165, 1.54) is 30.5 Å².